The Labute approximate surface area is 116 Å². The van der Waals surface area contributed by atoms with Crippen LogP contribution in [0.2, 0.25) is 0 Å². The van der Waals surface area contributed by atoms with Gasteiger partial charge in [0.25, 0.3) is 0 Å². The lowest BCUT2D eigenvalue weighted by Gasteiger charge is -2.01. The van der Waals surface area contributed by atoms with E-state index >= 15 is 0 Å². The first-order chi connectivity index (χ1) is 8.36. The van der Waals surface area contributed by atoms with E-state index < -0.39 is 0 Å². The van der Waals surface area contributed by atoms with Crippen molar-refractivity contribution >= 4 is 11.8 Å². The van der Waals surface area contributed by atoms with E-state index in [-0.39, 0.29) is 12.4 Å². The molecule has 0 fully saturated rings. The highest BCUT2D eigenvalue weighted by molar-refractivity contribution is 7.99. The first kappa shape index (κ1) is 14.9. The van der Waals surface area contributed by atoms with E-state index in [0.29, 0.717) is 0 Å². The van der Waals surface area contributed by atoms with Gasteiger partial charge in [-0.1, -0.05) is 17.8 Å². The van der Waals surface area contributed by atoms with Gasteiger partial charge in [0, 0.05) is 25.0 Å². The van der Waals surface area contributed by atoms with Crippen molar-refractivity contribution in [3.8, 4) is 0 Å². The number of hydrogen-bond acceptors (Lipinski definition) is 5. The van der Waals surface area contributed by atoms with Gasteiger partial charge in [0.05, 0.1) is 12.3 Å². The first-order valence-electron chi connectivity index (χ1n) is 5.42. The molecule has 0 atom stereocenters. The van der Waals surface area contributed by atoms with E-state index in [4.69, 9.17) is 0 Å². The molecule has 0 spiro atoms. The molecule has 0 aliphatic carbocycles. The molecular formula is C10H15ClN6S. The minimum Gasteiger partial charge on any atom is -1.00 e. The van der Waals surface area contributed by atoms with Crippen LogP contribution < -0.4 is 17.7 Å². The molecule has 0 bridgehead atoms. The van der Waals surface area contributed by atoms with Crippen LogP contribution in [0, 0.1) is 0 Å². The summed E-state index contributed by atoms with van der Waals surface area (Å²) in [4.78, 5) is 4.08. The lowest BCUT2D eigenvalue weighted by molar-refractivity contribution is -0.666. The molecule has 2 aromatic heterocycles. The van der Waals surface area contributed by atoms with Gasteiger partial charge in [0.2, 0.25) is 5.16 Å². The number of aryl methyl sites for hydroxylation is 1. The van der Waals surface area contributed by atoms with Gasteiger partial charge < -0.3 is 17.7 Å². The summed E-state index contributed by atoms with van der Waals surface area (Å²) in [5.74, 6) is 0.995. The van der Waals surface area contributed by atoms with Gasteiger partial charge in [-0.2, -0.15) is 0 Å². The molecule has 0 radical (unpaired) electrons. The van der Waals surface area contributed by atoms with E-state index in [1.54, 1.807) is 22.6 Å². The van der Waals surface area contributed by atoms with Crippen LogP contribution in [-0.4, -0.2) is 37.5 Å². The van der Waals surface area contributed by atoms with E-state index in [1.807, 2.05) is 19.3 Å². The van der Waals surface area contributed by atoms with Gasteiger partial charge in [-0.15, -0.1) is 5.10 Å². The summed E-state index contributed by atoms with van der Waals surface area (Å²) in [5.41, 5.74) is 1.25. The minimum atomic E-state index is 0. The molecule has 0 unspecified atom stereocenters. The second kappa shape index (κ2) is 8.02. The largest absolute Gasteiger partial charge is 1.00 e. The zero-order chi connectivity index (χ0) is 11.9. The van der Waals surface area contributed by atoms with Gasteiger partial charge >= 0.3 is 0 Å². The van der Waals surface area contributed by atoms with E-state index in [2.05, 4.69) is 31.9 Å². The lowest BCUT2D eigenvalue weighted by atomic mass is 10.3. The number of tetrazole rings is 1. The molecule has 0 aromatic carbocycles. The molecule has 2 aromatic rings. The number of nitrogens with zero attached hydrogens (tertiary/aromatic N) is 5. The lowest BCUT2D eigenvalue weighted by Crippen LogP contribution is -3.00. The third kappa shape index (κ3) is 4.59. The van der Waals surface area contributed by atoms with Crippen LogP contribution in [0.15, 0.2) is 29.7 Å². The summed E-state index contributed by atoms with van der Waals surface area (Å²) in [6.45, 7) is 2.00. The smallest absolute Gasteiger partial charge is 0.209 e. The Kier molecular flexibility index (Phi) is 6.63. The molecule has 6 nitrogen and oxygen atoms in total. The van der Waals surface area contributed by atoms with E-state index in [9.17, 15) is 0 Å². The van der Waals surface area contributed by atoms with Gasteiger partial charge in [-0.3, -0.25) is 4.98 Å². The molecule has 2 heterocycles. The molecule has 2 rings (SSSR count). The minimum absolute atomic E-state index is 0. The van der Waals surface area contributed by atoms with Crippen molar-refractivity contribution in [3.05, 3.63) is 30.1 Å². The second-order valence-electron chi connectivity index (χ2n) is 3.58. The predicted octanol–water partition coefficient (Wildman–Crippen LogP) is -3.54. The zero-order valence-electron chi connectivity index (χ0n) is 10.0. The maximum Gasteiger partial charge on any atom is 0.209 e. The van der Waals surface area contributed by atoms with Crippen LogP contribution in [0.5, 0.6) is 0 Å². The van der Waals surface area contributed by atoms with Crippen LogP contribution >= 0.6 is 11.8 Å². The Morgan fingerprint density at radius 2 is 2.33 bits per heavy atom. The van der Waals surface area contributed by atoms with E-state index in [0.717, 1.165) is 24.0 Å². The second-order valence-corrected chi connectivity index (χ2v) is 4.64. The molecule has 0 saturated carbocycles. The highest BCUT2D eigenvalue weighted by atomic mass is 35.5. The number of nitrogens with two attached hydrogens (primary N) is 1. The number of thioether (sulfide) groups is 1. The van der Waals surface area contributed by atoms with Crippen molar-refractivity contribution in [3.63, 3.8) is 0 Å². The summed E-state index contributed by atoms with van der Waals surface area (Å²) in [6, 6.07) is 4.05. The molecule has 0 aliphatic heterocycles. The van der Waals surface area contributed by atoms with Gasteiger partial charge in [0.1, 0.15) is 6.54 Å². The Morgan fingerprint density at radius 1 is 1.44 bits per heavy atom. The number of aromatic nitrogens is 5. The average Bonchev–Trinajstić information content (AvgIpc) is 2.76. The fraction of sp³-hybridized carbons (Fsp3) is 0.400. The summed E-state index contributed by atoms with van der Waals surface area (Å²) < 4.78 is 1.69. The number of pyridine rings is 1. The number of hydrogen-bond donors (Lipinski definition) is 1. The monoisotopic (exact) mass is 286 g/mol. The third-order valence-electron chi connectivity index (χ3n) is 2.24. The maximum absolute atomic E-state index is 4.08. The van der Waals surface area contributed by atoms with Crippen LogP contribution in [0.1, 0.15) is 5.56 Å². The summed E-state index contributed by atoms with van der Waals surface area (Å²) in [6.07, 6.45) is 3.69. The summed E-state index contributed by atoms with van der Waals surface area (Å²) in [7, 11) is 1.85. The SMILES string of the molecule is Cn1nnnc1SCC[NH2+]Cc1cccnc1.[Cl-]. The van der Waals surface area contributed by atoms with Gasteiger partial charge in [0.15, 0.2) is 0 Å². The molecule has 0 aliphatic rings. The van der Waals surface area contributed by atoms with Crippen LogP contribution in [0.4, 0.5) is 0 Å². The molecule has 8 heteroatoms. The van der Waals surface area contributed by atoms with Crippen LogP contribution in [0.25, 0.3) is 0 Å². The Balaban J connectivity index is 0.00000162. The fourth-order valence-corrected chi connectivity index (χ4v) is 2.15. The first-order valence-corrected chi connectivity index (χ1v) is 6.40. The average molecular weight is 287 g/mol. The topological polar surface area (TPSA) is 73.1 Å². The molecule has 0 saturated heterocycles. The van der Waals surface area contributed by atoms with Gasteiger partial charge in [-0.25, -0.2) is 4.68 Å². The Morgan fingerprint density at radius 3 is 3.00 bits per heavy atom. The molecule has 18 heavy (non-hydrogen) atoms. The van der Waals surface area contributed by atoms with Crippen LogP contribution in [0.3, 0.4) is 0 Å². The number of halogens is 1. The quantitative estimate of drug-likeness (QED) is 0.440. The number of quaternary nitrogens is 1. The number of rotatable bonds is 6. The fourth-order valence-electron chi connectivity index (χ4n) is 1.36. The molecule has 98 valence electrons. The van der Waals surface area contributed by atoms with Crippen molar-refractivity contribution in [1.29, 1.82) is 0 Å². The molecule has 0 amide bonds. The Bertz CT molecular complexity index is 449. The third-order valence-corrected chi connectivity index (χ3v) is 3.28. The van der Waals surface area contributed by atoms with Crippen molar-refractivity contribution in [1.82, 2.24) is 25.2 Å². The molecular weight excluding hydrogens is 272 g/mol. The highest BCUT2D eigenvalue weighted by Crippen LogP contribution is 2.09. The zero-order valence-corrected chi connectivity index (χ0v) is 11.6. The van der Waals surface area contributed by atoms with Crippen molar-refractivity contribution in [2.24, 2.45) is 7.05 Å². The summed E-state index contributed by atoms with van der Waals surface area (Å²) in [5, 5.41) is 14.4. The maximum atomic E-state index is 4.08. The van der Waals surface area contributed by atoms with Crippen molar-refractivity contribution in [2.75, 3.05) is 12.3 Å². The van der Waals surface area contributed by atoms with Crippen molar-refractivity contribution < 1.29 is 17.7 Å². The highest BCUT2D eigenvalue weighted by Gasteiger charge is 2.02. The predicted molar refractivity (Wildman–Crippen MR) is 64.3 cm³/mol. The van der Waals surface area contributed by atoms with Gasteiger partial charge in [-0.05, 0) is 16.5 Å². The van der Waals surface area contributed by atoms with Crippen LogP contribution in [-0.2, 0) is 13.6 Å². The molecule has 2 N–H and O–H groups in total. The Hall–Kier alpha value is -1.18. The van der Waals surface area contributed by atoms with E-state index in [1.165, 1.54) is 5.56 Å². The standard InChI is InChI=1S/C10H14N6S.ClH/c1-16-10(13-14-15-16)17-6-5-12-8-9-3-2-4-11-7-9;/h2-4,7,12H,5-6,8H2,1H3;1H. The summed E-state index contributed by atoms with van der Waals surface area (Å²) >= 11 is 1.67. The normalized spacial score (nSPS) is 10.1. The van der Waals surface area contributed by atoms with Crippen molar-refractivity contribution in [2.45, 2.75) is 11.7 Å².